The zero-order valence-corrected chi connectivity index (χ0v) is 15.0. The summed E-state index contributed by atoms with van der Waals surface area (Å²) in [5.41, 5.74) is 2.54. The van der Waals surface area contributed by atoms with E-state index in [4.69, 9.17) is 0 Å². The van der Waals surface area contributed by atoms with Crippen molar-refractivity contribution in [3.05, 3.63) is 23.8 Å². The highest BCUT2D eigenvalue weighted by Gasteiger charge is 2.31. The number of nitrogens with zero attached hydrogens (tertiary/aromatic N) is 1. The molecule has 1 aromatic carbocycles. The third kappa shape index (κ3) is 3.81. The Morgan fingerprint density at radius 3 is 2.73 bits per heavy atom. The number of fused-ring (bicyclic) bond motifs is 1. The first-order chi connectivity index (χ1) is 12.5. The van der Waals surface area contributed by atoms with E-state index in [0.717, 1.165) is 24.1 Å². The number of aliphatic carboxylic acids is 1. The van der Waals surface area contributed by atoms with Gasteiger partial charge in [-0.3, -0.25) is 14.5 Å². The second-order valence-electron chi connectivity index (χ2n) is 6.97. The predicted molar refractivity (Wildman–Crippen MR) is 98.3 cm³/mol. The number of urea groups is 1. The number of anilines is 2. The van der Waals surface area contributed by atoms with Crippen LogP contribution in [0.3, 0.4) is 0 Å². The van der Waals surface area contributed by atoms with Crippen molar-refractivity contribution in [3.8, 4) is 0 Å². The number of benzene rings is 1. The fourth-order valence-corrected chi connectivity index (χ4v) is 3.81. The van der Waals surface area contributed by atoms with E-state index >= 15 is 0 Å². The molecular formula is C19H25N3O4. The third-order valence-electron chi connectivity index (χ3n) is 5.22. The minimum Gasteiger partial charge on any atom is -0.481 e. The molecule has 1 fully saturated rings. The highest BCUT2D eigenvalue weighted by atomic mass is 16.4. The van der Waals surface area contributed by atoms with Crippen LogP contribution in [0.5, 0.6) is 0 Å². The van der Waals surface area contributed by atoms with Gasteiger partial charge in [0.1, 0.15) is 0 Å². The van der Waals surface area contributed by atoms with Crippen LogP contribution in [0.2, 0.25) is 0 Å². The number of hydrogen-bond donors (Lipinski definition) is 3. The second-order valence-corrected chi connectivity index (χ2v) is 6.97. The molecule has 0 spiro atoms. The molecule has 1 saturated carbocycles. The first kappa shape index (κ1) is 18.2. The fourth-order valence-electron chi connectivity index (χ4n) is 3.81. The lowest BCUT2D eigenvalue weighted by Crippen LogP contribution is -2.38. The van der Waals surface area contributed by atoms with Crippen molar-refractivity contribution in [2.75, 3.05) is 23.3 Å². The Kier molecular flexibility index (Phi) is 5.44. The van der Waals surface area contributed by atoms with Crippen molar-refractivity contribution in [1.29, 1.82) is 0 Å². The van der Waals surface area contributed by atoms with Crippen LogP contribution in [0.4, 0.5) is 16.2 Å². The molecule has 2 atom stereocenters. The minimum atomic E-state index is -0.822. The zero-order valence-electron chi connectivity index (χ0n) is 15.0. The van der Waals surface area contributed by atoms with E-state index in [-0.39, 0.29) is 17.9 Å². The summed E-state index contributed by atoms with van der Waals surface area (Å²) in [5.74, 6) is -1.68. The smallest absolute Gasteiger partial charge is 0.321 e. The number of carbonyl (C=O) groups is 3. The Labute approximate surface area is 152 Å². The summed E-state index contributed by atoms with van der Waals surface area (Å²) in [6, 6.07) is 5.47. The molecule has 7 heteroatoms. The Morgan fingerprint density at radius 1 is 1.23 bits per heavy atom. The van der Waals surface area contributed by atoms with Crippen LogP contribution in [0.25, 0.3) is 0 Å². The number of carbonyl (C=O) groups excluding carboxylic acids is 2. The average molecular weight is 359 g/mol. The zero-order chi connectivity index (χ0) is 18.7. The van der Waals surface area contributed by atoms with Crippen molar-refractivity contribution in [1.82, 2.24) is 5.32 Å². The quantitative estimate of drug-likeness (QED) is 0.769. The first-order valence-electron chi connectivity index (χ1n) is 9.21. The Bertz CT molecular complexity index is 719. The van der Waals surface area contributed by atoms with Gasteiger partial charge in [-0.2, -0.15) is 0 Å². The SMILES string of the molecule is CCNC(=O)N1CCc2ccc(NC(=O)C3CCCC(C(=O)O)C3)cc21. The van der Waals surface area contributed by atoms with Gasteiger partial charge in [0.25, 0.3) is 0 Å². The van der Waals surface area contributed by atoms with E-state index in [2.05, 4.69) is 10.6 Å². The molecule has 2 unspecified atom stereocenters. The molecule has 140 valence electrons. The molecule has 1 heterocycles. The van der Waals surface area contributed by atoms with Crippen LogP contribution in [-0.2, 0) is 16.0 Å². The van der Waals surface area contributed by atoms with Crippen molar-refractivity contribution < 1.29 is 19.5 Å². The van der Waals surface area contributed by atoms with Gasteiger partial charge < -0.3 is 15.7 Å². The Morgan fingerprint density at radius 2 is 2.00 bits per heavy atom. The molecule has 0 radical (unpaired) electrons. The van der Waals surface area contributed by atoms with Gasteiger partial charge in [-0.1, -0.05) is 12.5 Å². The van der Waals surface area contributed by atoms with E-state index in [1.807, 2.05) is 25.1 Å². The molecule has 7 nitrogen and oxygen atoms in total. The van der Waals surface area contributed by atoms with E-state index in [1.165, 1.54) is 0 Å². The van der Waals surface area contributed by atoms with Crippen molar-refractivity contribution in [3.63, 3.8) is 0 Å². The fraction of sp³-hybridized carbons (Fsp3) is 0.526. The predicted octanol–water partition coefficient (Wildman–Crippen LogP) is 2.61. The van der Waals surface area contributed by atoms with E-state index in [1.54, 1.807) is 4.90 Å². The summed E-state index contributed by atoms with van der Waals surface area (Å²) in [6.07, 6.45) is 3.29. The van der Waals surface area contributed by atoms with Gasteiger partial charge in [0.05, 0.1) is 11.6 Å². The molecule has 26 heavy (non-hydrogen) atoms. The van der Waals surface area contributed by atoms with Crippen LogP contribution in [0, 0.1) is 11.8 Å². The van der Waals surface area contributed by atoms with Gasteiger partial charge in [0.2, 0.25) is 5.91 Å². The maximum Gasteiger partial charge on any atom is 0.321 e. The number of amides is 3. The van der Waals surface area contributed by atoms with Gasteiger partial charge in [-0.15, -0.1) is 0 Å². The van der Waals surface area contributed by atoms with Gasteiger partial charge in [0, 0.05) is 24.7 Å². The Balaban J connectivity index is 1.69. The molecule has 0 bridgehead atoms. The minimum absolute atomic E-state index is 0.133. The molecular weight excluding hydrogens is 334 g/mol. The molecule has 2 aliphatic rings. The maximum atomic E-state index is 12.6. The molecule has 3 amide bonds. The lowest BCUT2D eigenvalue weighted by atomic mass is 9.81. The Hall–Kier alpha value is -2.57. The second kappa shape index (κ2) is 7.76. The average Bonchev–Trinajstić information content (AvgIpc) is 3.05. The first-order valence-corrected chi connectivity index (χ1v) is 9.21. The van der Waals surface area contributed by atoms with Crippen LogP contribution in [0.1, 0.15) is 38.2 Å². The summed E-state index contributed by atoms with van der Waals surface area (Å²) in [7, 11) is 0. The molecule has 3 rings (SSSR count). The monoisotopic (exact) mass is 359 g/mol. The molecule has 1 aliphatic carbocycles. The molecule has 0 saturated heterocycles. The van der Waals surface area contributed by atoms with Gasteiger partial charge in [-0.05, 0) is 50.3 Å². The van der Waals surface area contributed by atoms with Crippen molar-refractivity contribution >= 4 is 29.3 Å². The summed E-state index contributed by atoms with van der Waals surface area (Å²) >= 11 is 0. The number of rotatable bonds is 4. The maximum absolute atomic E-state index is 12.6. The standard InChI is InChI=1S/C19H25N3O4/c1-2-20-19(26)22-9-8-12-6-7-15(11-16(12)22)21-17(23)13-4-3-5-14(10-13)18(24)25/h6-7,11,13-14H,2-5,8-10H2,1H3,(H,20,26)(H,21,23)(H,24,25). The van der Waals surface area contributed by atoms with Crippen LogP contribution in [-0.4, -0.2) is 36.1 Å². The van der Waals surface area contributed by atoms with E-state index in [0.29, 0.717) is 38.0 Å². The normalized spacial score (nSPS) is 21.8. The third-order valence-corrected chi connectivity index (χ3v) is 5.22. The van der Waals surface area contributed by atoms with Gasteiger partial charge >= 0.3 is 12.0 Å². The van der Waals surface area contributed by atoms with Crippen molar-refractivity contribution in [2.45, 2.75) is 39.0 Å². The molecule has 0 aromatic heterocycles. The van der Waals surface area contributed by atoms with Crippen LogP contribution in [0.15, 0.2) is 18.2 Å². The summed E-state index contributed by atoms with van der Waals surface area (Å²) in [4.78, 5) is 37.6. The summed E-state index contributed by atoms with van der Waals surface area (Å²) in [5, 5.41) is 14.9. The lowest BCUT2D eigenvalue weighted by Gasteiger charge is -2.26. The van der Waals surface area contributed by atoms with Gasteiger partial charge in [-0.25, -0.2) is 4.79 Å². The number of carboxylic acids is 1. The van der Waals surface area contributed by atoms with Crippen molar-refractivity contribution in [2.24, 2.45) is 11.8 Å². The molecule has 3 N–H and O–H groups in total. The largest absolute Gasteiger partial charge is 0.481 e. The highest BCUT2D eigenvalue weighted by molar-refractivity contribution is 5.97. The van der Waals surface area contributed by atoms with Crippen LogP contribution < -0.4 is 15.5 Å². The summed E-state index contributed by atoms with van der Waals surface area (Å²) < 4.78 is 0. The van der Waals surface area contributed by atoms with E-state index < -0.39 is 11.9 Å². The molecule has 1 aromatic rings. The lowest BCUT2D eigenvalue weighted by molar-refractivity contribution is -0.143. The number of carboxylic acid groups (broad SMARTS) is 1. The van der Waals surface area contributed by atoms with Crippen LogP contribution >= 0.6 is 0 Å². The number of hydrogen-bond acceptors (Lipinski definition) is 3. The highest BCUT2D eigenvalue weighted by Crippen LogP contribution is 2.33. The van der Waals surface area contributed by atoms with E-state index in [9.17, 15) is 19.5 Å². The molecule has 1 aliphatic heterocycles. The summed E-state index contributed by atoms with van der Waals surface area (Å²) in [6.45, 7) is 3.06. The topological polar surface area (TPSA) is 98.7 Å². The number of nitrogens with one attached hydrogen (secondary N) is 2. The van der Waals surface area contributed by atoms with Gasteiger partial charge in [0.15, 0.2) is 0 Å².